The van der Waals surface area contributed by atoms with Gasteiger partial charge in [0, 0.05) is 5.56 Å². The third-order valence-corrected chi connectivity index (χ3v) is 4.77. The second-order valence-corrected chi connectivity index (χ2v) is 5.99. The summed E-state index contributed by atoms with van der Waals surface area (Å²) in [5.74, 6) is 0.206. The second-order valence-electron chi connectivity index (χ2n) is 4.30. The number of thiophene rings is 1. The molecule has 0 fully saturated rings. The Bertz CT molecular complexity index is 713. The van der Waals surface area contributed by atoms with Crippen LogP contribution in [0.5, 0.6) is 5.75 Å². The molecule has 7 heteroatoms. The number of aryl methyl sites for hydroxylation is 1. The van der Waals surface area contributed by atoms with Gasteiger partial charge in [0.25, 0.3) is 5.91 Å². The van der Waals surface area contributed by atoms with E-state index >= 15 is 0 Å². The minimum absolute atomic E-state index is 0.267. The maximum absolute atomic E-state index is 12.2. The van der Waals surface area contributed by atoms with Gasteiger partial charge in [-0.25, -0.2) is 0 Å². The predicted molar refractivity (Wildman–Crippen MR) is 90.9 cm³/mol. The summed E-state index contributed by atoms with van der Waals surface area (Å²) < 4.78 is 5.25. The lowest BCUT2D eigenvalue weighted by atomic mass is 10.2. The van der Waals surface area contributed by atoms with Crippen molar-refractivity contribution in [2.75, 3.05) is 12.4 Å². The van der Waals surface area contributed by atoms with Gasteiger partial charge >= 0.3 is 0 Å². The molecule has 1 amide bonds. The third kappa shape index (κ3) is 3.34. The van der Waals surface area contributed by atoms with Crippen LogP contribution in [-0.2, 0) is 0 Å². The highest BCUT2D eigenvalue weighted by Gasteiger charge is 2.16. The summed E-state index contributed by atoms with van der Waals surface area (Å²) in [5.41, 5.74) is 7.66. The number of rotatable bonds is 4. The van der Waals surface area contributed by atoms with Crippen molar-refractivity contribution >= 4 is 51.7 Å². The monoisotopic (exact) mass is 340 g/mol. The smallest absolute Gasteiger partial charge is 0.267 e. The number of thiocarbonyl (C=S) groups is 1. The van der Waals surface area contributed by atoms with E-state index in [2.05, 4.69) is 5.32 Å². The zero-order valence-electron chi connectivity index (χ0n) is 11.4. The summed E-state index contributed by atoms with van der Waals surface area (Å²) in [4.78, 5) is 13.0. The molecule has 110 valence electrons. The zero-order chi connectivity index (χ0) is 15.6. The first kappa shape index (κ1) is 15.8. The molecular formula is C14H13ClN2O2S2. The molecule has 0 atom stereocenters. The number of benzene rings is 1. The molecule has 0 aliphatic rings. The van der Waals surface area contributed by atoms with Crippen molar-refractivity contribution in [1.82, 2.24) is 0 Å². The van der Waals surface area contributed by atoms with E-state index in [0.29, 0.717) is 26.9 Å². The normalized spacial score (nSPS) is 10.2. The molecule has 21 heavy (non-hydrogen) atoms. The SMILES string of the molecule is COc1cc(C(N)=S)ccc1NC(=O)c1scc(C)c1Cl. The van der Waals surface area contributed by atoms with Gasteiger partial charge in [-0.2, -0.15) is 0 Å². The van der Waals surface area contributed by atoms with E-state index in [-0.39, 0.29) is 10.9 Å². The Morgan fingerprint density at radius 2 is 2.19 bits per heavy atom. The average molecular weight is 341 g/mol. The Morgan fingerprint density at radius 1 is 1.48 bits per heavy atom. The lowest BCUT2D eigenvalue weighted by Gasteiger charge is -2.11. The van der Waals surface area contributed by atoms with Crippen molar-refractivity contribution in [3.63, 3.8) is 0 Å². The number of anilines is 1. The van der Waals surface area contributed by atoms with Gasteiger partial charge in [-0.3, -0.25) is 4.79 Å². The molecular weight excluding hydrogens is 328 g/mol. The van der Waals surface area contributed by atoms with Gasteiger partial charge in [0.2, 0.25) is 0 Å². The van der Waals surface area contributed by atoms with E-state index in [0.717, 1.165) is 5.56 Å². The summed E-state index contributed by atoms with van der Waals surface area (Å²) in [5, 5.41) is 5.08. The number of amides is 1. The van der Waals surface area contributed by atoms with Crippen molar-refractivity contribution in [3.8, 4) is 5.75 Å². The van der Waals surface area contributed by atoms with E-state index < -0.39 is 0 Å². The molecule has 0 unspecified atom stereocenters. The summed E-state index contributed by atoms with van der Waals surface area (Å²) in [6, 6.07) is 5.10. The summed E-state index contributed by atoms with van der Waals surface area (Å²) >= 11 is 12.3. The van der Waals surface area contributed by atoms with Crippen LogP contribution in [0.2, 0.25) is 5.02 Å². The number of nitrogens with one attached hydrogen (secondary N) is 1. The maximum atomic E-state index is 12.2. The highest BCUT2D eigenvalue weighted by molar-refractivity contribution is 7.80. The van der Waals surface area contributed by atoms with Crippen LogP contribution in [0.4, 0.5) is 5.69 Å². The van der Waals surface area contributed by atoms with Gasteiger partial charge in [0.15, 0.2) is 0 Å². The third-order valence-electron chi connectivity index (χ3n) is 2.84. The summed E-state index contributed by atoms with van der Waals surface area (Å²) in [7, 11) is 1.51. The van der Waals surface area contributed by atoms with E-state index in [1.165, 1.54) is 18.4 Å². The topological polar surface area (TPSA) is 64.3 Å². The van der Waals surface area contributed by atoms with Crippen molar-refractivity contribution < 1.29 is 9.53 Å². The molecule has 0 saturated heterocycles. The Morgan fingerprint density at radius 3 is 2.71 bits per heavy atom. The van der Waals surface area contributed by atoms with Gasteiger partial charge in [-0.1, -0.05) is 23.8 Å². The highest BCUT2D eigenvalue weighted by atomic mass is 35.5. The highest BCUT2D eigenvalue weighted by Crippen LogP contribution is 2.30. The minimum Gasteiger partial charge on any atom is -0.495 e. The Balaban J connectivity index is 2.29. The molecule has 4 nitrogen and oxygen atoms in total. The zero-order valence-corrected chi connectivity index (χ0v) is 13.8. The van der Waals surface area contributed by atoms with Crippen molar-refractivity contribution in [2.24, 2.45) is 5.73 Å². The molecule has 0 bridgehead atoms. The van der Waals surface area contributed by atoms with E-state index in [9.17, 15) is 4.79 Å². The molecule has 0 aliphatic heterocycles. The molecule has 0 saturated carbocycles. The maximum Gasteiger partial charge on any atom is 0.267 e. The van der Waals surface area contributed by atoms with Crippen LogP contribution in [0.1, 0.15) is 20.8 Å². The van der Waals surface area contributed by atoms with Gasteiger partial charge in [0.05, 0.1) is 17.8 Å². The molecule has 1 aromatic heterocycles. The number of halogens is 1. The first-order valence-corrected chi connectivity index (χ1v) is 7.63. The summed E-state index contributed by atoms with van der Waals surface area (Å²) in [6.45, 7) is 1.85. The van der Waals surface area contributed by atoms with Gasteiger partial charge in [-0.15, -0.1) is 11.3 Å². The Kier molecular flexibility index (Phi) is 4.82. The van der Waals surface area contributed by atoms with Crippen LogP contribution in [-0.4, -0.2) is 18.0 Å². The molecule has 0 aliphatic carbocycles. The first-order valence-electron chi connectivity index (χ1n) is 5.96. The van der Waals surface area contributed by atoms with Crippen LogP contribution in [0.3, 0.4) is 0 Å². The number of carbonyl (C=O) groups is 1. The lowest BCUT2D eigenvalue weighted by Crippen LogP contribution is -2.13. The molecule has 1 aromatic carbocycles. The number of ether oxygens (including phenoxy) is 1. The van der Waals surface area contributed by atoms with Crippen LogP contribution in [0.25, 0.3) is 0 Å². The van der Waals surface area contributed by atoms with E-state index in [1.807, 2.05) is 12.3 Å². The minimum atomic E-state index is -0.278. The fraction of sp³-hybridized carbons (Fsp3) is 0.143. The molecule has 3 N–H and O–H groups in total. The summed E-state index contributed by atoms with van der Waals surface area (Å²) in [6.07, 6.45) is 0. The van der Waals surface area contributed by atoms with Crippen LogP contribution >= 0.6 is 35.2 Å². The molecule has 0 spiro atoms. The molecule has 2 aromatic rings. The largest absolute Gasteiger partial charge is 0.495 e. The van der Waals surface area contributed by atoms with Gasteiger partial charge in [-0.05, 0) is 36.1 Å². The molecule has 1 heterocycles. The van der Waals surface area contributed by atoms with E-state index in [4.69, 9.17) is 34.3 Å². The van der Waals surface area contributed by atoms with E-state index in [1.54, 1.807) is 18.2 Å². The average Bonchev–Trinajstić information content (AvgIpc) is 2.79. The Hall–Kier alpha value is -1.63. The van der Waals surface area contributed by atoms with Crippen LogP contribution < -0.4 is 15.8 Å². The Labute approximate surface area is 136 Å². The van der Waals surface area contributed by atoms with Gasteiger partial charge < -0.3 is 15.8 Å². The first-order chi connectivity index (χ1) is 9.93. The number of hydrogen-bond acceptors (Lipinski definition) is 4. The number of methoxy groups -OCH3 is 1. The second kappa shape index (κ2) is 6.43. The quantitative estimate of drug-likeness (QED) is 0.835. The molecule has 2 rings (SSSR count). The number of carbonyl (C=O) groups excluding carboxylic acids is 1. The standard InChI is InChI=1S/C14H13ClN2O2S2/c1-7-6-21-12(11(7)15)14(18)17-9-4-3-8(13(16)20)5-10(9)19-2/h3-6H,1-2H3,(H2,16,20)(H,17,18). The lowest BCUT2D eigenvalue weighted by molar-refractivity contribution is 0.103. The van der Waals surface area contributed by atoms with Crippen molar-refractivity contribution in [3.05, 3.63) is 44.6 Å². The number of hydrogen-bond donors (Lipinski definition) is 2. The number of nitrogens with two attached hydrogens (primary N) is 1. The predicted octanol–water partition coefficient (Wildman–Crippen LogP) is 3.61. The van der Waals surface area contributed by atoms with Crippen molar-refractivity contribution in [1.29, 1.82) is 0 Å². The fourth-order valence-electron chi connectivity index (χ4n) is 1.71. The van der Waals surface area contributed by atoms with Crippen molar-refractivity contribution in [2.45, 2.75) is 6.92 Å². The molecule has 0 radical (unpaired) electrons. The van der Waals surface area contributed by atoms with Crippen LogP contribution in [0, 0.1) is 6.92 Å². The van der Waals surface area contributed by atoms with Crippen LogP contribution in [0.15, 0.2) is 23.6 Å². The van der Waals surface area contributed by atoms with Gasteiger partial charge in [0.1, 0.15) is 15.6 Å². The fourth-order valence-corrected chi connectivity index (χ4v) is 3.01.